The first-order valence-electron chi connectivity index (χ1n) is 8.88. The van der Waals surface area contributed by atoms with Crippen molar-refractivity contribution in [2.75, 3.05) is 33.5 Å². The van der Waals surface area contributed by atoms with Crippen LogP contribution in [-0.2, 0) is 4.74 Å². The van der Waals surface area contributed by atoms with Gasteiger partial charge in [0.2, 0.25) is 0 Å². The molecule has 1 aliphatic heterocycles. The number of β-amino-alcohol motifs (C(OH)–C–C–N with tert-alkyl or cyclic N) is 1. The zero-order chi connectivity index (χ0) is 17.4. The lowest BCUT2D eigenvalue weighted by Crippen LogP contribution is -2.48. The lowest BCUT2D eigenvalue weighted by atomic mass is 9.97. The fourth-order valence-corrected chi connectivity index (χ4v) is 3.26. The summed E-state index contributed by atoms with van der Waals surface area (Å²) in [6.45, 7) is 6.42. The number of methoxy groups -OCH3 is 1. The molecule has 1 aromatic rings. The van der Waals surface area contributed by atoms with E-state index in [2.05, 4.69) is 18.7 Å². The highest BCUT2D eigenvalue weighted by molar-refractivity contribution is 5.85. The van der Waals surface area contributed by atoms with Gasteiger partial charge < -0.3 is 19.3 Å². The minimum Gasteiger partial charge on any atom is -0.497 e. The average molecular weight is 374 g/mol. The summed E-state index contributed by atoms with van der Waals surface area (Å²) in [6, 6.07) is 8.58. The van der Waals surface area contributed by atoms with Gasteiger partial charge in [0.05, 0.1) is 26.4 Å². The molecular formula is C19H32ClNO4. The van der Waals surface area contributed by atoms with Gasteiger partial charge in [-0.15, -0.1) is 12.4 Å². The van der Waals surface area contributed by atoms with E-state index in [0.717, 1.165) is 11.5 Å². The molecule has 3 atom stereocenters. The minimum atomic E-state index is -0.454. The van der Waals surface area contributed by atoms with E-state index in [1.54, 1.807) is 7.11 Å². The molecule has 1 fully saturated rings. The highest BCUT2D eigenvalue weighted by Gasteiger charge is 2.26. The van der Waals surface area contributed by atoms with Crippen LogP contribution in [0.5, 0.6) is 11.5 Å². The highest BCUT2D eigenvalue weighted by atomic mass is 35.5. The summed E-state index contributed by atoms with van der Waals surface area (Å²) in [5.41, 5.74) is 0. The number of halogens is 1. The van der Waals surface area contributed by atoms with Crippen LogP contribution in [0, 0.1) is 0 Å². The molecule has 0 radical (unpaired) electrons. The number of rotatable bonds is 9. The predicted octanol–water partition coefficient (Wildman–Crippen LogP) is 3.14. The van der Waals surface area contributed by atoms with Gasteiger partial charge >= 0.3 is 0 Å². The van der Waals surface area contributed by atoms with Crippen LogP contribution in [-0.4, -0.2) is 61.7 Å². The van der Waals surface area contributed by atoms with E-state index in [-0.39, 0.29) is 12.4 Å². The zero-order valence-corrected chi connectivity index (χ0v) is 16.3. The predicted molar refractivity (Wildman–Crippen MR) is 102 cm³/mol. The summed E-state index contributed by atoms with van der Waals surface area (Å²) in [6.07, 6.45) is 3.26. The van der Waals surface area contributed by atoms with Gasteiger partial charge in [0, 0.05) is 24.7 Å². The molecule has 0 aliphatic carbocycles. The first-order valence-corrected chi connectivity index (χ1v) is 8.88. The maximum absolute atomic E-state index is 10.2. The van der Waals surface area contributed by atoms with Crippen LogP contribution < -0.4 is 9.47 Å². The molecule has 144 valence electrons. The van der Waals surface area contributed by atoms with Crippen molar-refractivity contribution in [3.05, 3.63) is 24.3 Å². The van der Waals surface area contributed by atoms with Crippen molar-refractivity contribution in [1.82, 2.24) is 4.90 Å². The topological polar surface area (TPSA) is 51.2 Å². The van der Waals surface area contributed by atoms with E-state index in [1.165, 1.54) is 19.3 Å². The third-order valence-corrected chi connectivity index (χ3v) is 4.65. The van der Waals surface area contributed by atoms with Gasteiger partial charge in [-0.1, -0.05) is 12.5 Å². The quantitative estimate of drug-likeness (QED) is 0.674. The Labute approximate surface area is 157 Å². The summed E-state index contributed by atoms with van der Waals surface area (Å²) >= 11 is 0. The number of piperidine rings is 1. The molecule has 2 rings (SSSR count). The molecule has 0 saturated carbocycles. The number of hydrogen-bond acceptors (Lipinski definition) is 5. The number of aliphatic hydroxyl groups excluding tert-OH is 1. The molecule has 0 aromatic heterocycles. The molecule has 25 heavy (non-hydrogen) atoms. The second-order valence-electron chi connectivity index (χ2n) is 6.58. The number of aliphatic hydroxyl groups is 1. The van der Waals surface area contributed by atoms with Crippen LogP contribution in [0.1, 0.15) is 33.1 Å². The Bertz CT molecular complexity index is 478. The van der Waals surface area contributed by atoms with Gasteiger partial charge in [0.1, 0.15) is 18.1 Å². The van der Waals surface area contributed by atoms with Gasteiger partial charge in [-0.2, -0.15) is 0 Å². The zero-order valence-electron chi connectivity index (χ0n) is 15.5. The summed E-state index contributed by atoms with van der Waals surface area (Å²) in [4.78, 5) is 2.39. The standard InChI is InChI=1S/C19H31NO4.ClH/c1-15-6-4-7-16(2)20(15)13-17(21)14-23-10-11-24-19-9-5-8-18(12-19)22-3;/h5,8-9,12,15-17,21H,4,6-7,10-11,13-14H2,1-3H3;1H. The van der Waals surface area contributed by atoms with Crippen molar-refractivity contribution in [1.29, 1.82) is 0 Å². The molecular weight excluding hydrogens is 342 g/mol. The normalized spacial score (nSPS) is 22.1. The molecule has 1 aromatic carbocycles. The van der Waals surface area contributed by atoms with Crippen molar-refractivity contribution in [3.8, 4) is 11.5 Å². The number of likely N-dealkylation sites (tertiary alicyclic amines) is 1. The fraction of sp³-hybridized carbons (Fsp3) is 0.684. The average Bonchev–Trinajstić information content (AvgIpc) is 2.58. The van der Waals surface area contributed by atoms with Crippen molar-refractivity contribution in [2.24, 2.45) is 0 Å². The van der Waals surface area contributed by atoms with E-state index in [1.807, 2.05) is 24.3 Å². The fourth-order valence-electron chi connectivity index (χ4n) is 3.26. The van der Waals surface area contributed by atoms with Crippen LogP contribution in [0.4, 0.5) is 0 Å². The molecule has 1 saturated heterocycles. The van der Waals surface area contributed by atoms with Gasteiger partial charge in [-0.25, -0.2) is 0 Å². The highest BCUT2D eigenvalue weighted by Crippen LogP contribution is 2.22. The van der Waals surface area contributed by atoms with E-state index in [9.17, 15) is 5.11 Å². The second-order valence-corrected chi connectivity index (χ2v) is 6.58. The van der Waals surface area contributed by atoms with E-state index in [0.29, 0.717) is 38.4 Å². The van der Waals surface area contributed by atoms with Gasteiger partial charge in [0.15, 0.2) is 0 Å². The van der Waals surface area contributed by atoms with E-state index < -0.39 is 6.10 Å². The molecule has 0 spiro atoms. The van der Waals surface area contributed by atoms with Gasteiger partial charge in [0.25, 0.3) is 0 Å². The Morgan fingerprint density at radius 1 is 1.16 bits per heavy atom. The largest absolute Gasteiger partial charge is 0.497 e. The Morgan fingerprint density at radius 3 is 2.52 bits per heavy atom. The Hall–Kier alpha value is -1.01. The molecule has 1 aliphatic rings. The van der Waals surface area contributed by atoms with Crippen LogP contribution in [0.3, 0.4) is 0 Å². The monoisotopic (exact) mass is 373 g/mol. The third kappa shape index (κ3) is 7.40. The van der Waals surface area contributed by atoms with Crippen molar-refractivity contribution < 1.29 is 19.3 Å². The van der Waals surface area contributed by atoms with Crippen LogP contribution in [0.25, 0.3) is 0 Å². The van der Waals surface area contributed by atoms with Crippen molar-refractivity contribution in [2.45, 2.75) is 51.3 Å². The second kappa shape index (κ2) is 11.6. The molecule has 0 bridgehead atoms. The first-order chi connectivity index (χ1) is 11.6. The molecule has 3 unspecified atom stereocenters. The number of ether oxygens (including phenoxy) is 3. The van der Waals surface area contributed by atoms with E-state index in [4.69, 9.17) is 14.2 Å². The summed E-state index contributed by atoms with van der Waals surface area (Å²) in [5.74, 6) is 1.53. The van der Waals surface area contributed by atoms with Crippen LogP contribution in [0.15, 0.2) is 24.3 Å². The first kappa shape index (κ1) is 22.0. The smallest absolute Gasteiger partial charge is 0.123 e. The Kier molecular flexibility index (Phi) is 10.2. The molecule has 0 amide bonds. The molecule has 6 heteroatoms. The van der Waals surface area contributed by atoms with E-state index >= 15 is 0 Å². The third-order valence-electron chi connectivity index (χ3n) is 4.65. The van der Waals surface area contributed by atoms with Crippen molar-refractivity contribution >= 4 is 12.4 Å². The SMILES string of the molecule is COc1cccc(OCCOCC(O)CN2C(C)CCCC2C)c1.Cl. The summed E-state index contributed by atoms with van der Waals surface area (Å²) in [5, 5.41) is 10.2. The molecule has 5 nitrogen and oxygen atoms in total. The maximum Gasteiger partial charge on any atom is 0.123 e. The number of nitrogens with zero attached hydrogens (tertiary/aromatic N) is 1. The maximum atomic E-state index is 10.2. The Balaban J connectivity index is 0.00000312. The number of hydrogen-bond donors (Lipinski definition) is 1. The van der Waals surface area contributed by atoms with Crippen LogP contribution in [0.2, 0.25) is 0 Å². The van der Waals surface area contributed by atoms with Gasteiger partial charge in [-0.05, 0) is 38.8 Å². The molecule has 1 heterocycles. The summed E-state index contributed by atoms with van der Waals surface area (Å²) in [7, 11) is 1.63. The number of benzene rings is 1. The molecule has 1 N–H and O–H groups in total. The summed E-state index contributed by atoms with van der Waals surface area (Å²) < 4.78 is 16.3. The lowest BCUT2D eigenvalue weighted by Gasteiger charge is -2.40. The van der Waals surface area contributed by atoms with Gasteiger partial charge in [-0.3, -0.25) is 4.90 Å². The lowest BCUT2D eigenvalue weighted by molar-refractivity contribution is -0.0141. The van der Waals surface area contributed by atoms with Crippen molar-refractivity contribution in [3.63, 3.8) is 0 Å². The minimum absolute atomic E-state index is 0. The Morgan fingerprint density at radius 2 is 1.84 bits per heavy atom. The van der Waals surface area contributed by atoms with Crippen LogP contribution >= 0.6 is 12.4 Å².